The molecule has 3 N–H and O–H groups in total. The first-order chi connectivity index (χ1) is 33.4. The van der Waals surface area contributed by atoms with E-state index in [1.807, 2.05) is 38.3 Å². The van der Waals surface area contributed by atoms with Gasteiger partial charge in [0, 0.05) is 24.1 Å². The molecule has 0 saturated carbocycles. The fourth-order valence-electron chi connectivity index (χ4n) is 9.12. The average molecular weight is 1070 g/mol. The lowest BCUT2D eigenvalue weighted by molar-refractivity contribution is -0.694. The number of anilines is 4. The fourth-order valence-corrected chi connectivity index (χ4v) is 13.5. The van der Waals surface area contributed by atoms with Gasteiger partial charge in [-0.1, -0.05) is 104 Å². The van der Waals surface area contributed by atoms with Gasteiger partial charge >= 0.3 is 0 Å². The summed E-state index contributed by atoms with van der Waals surface area (Å²) in [4.78, 5) is 34.3. The van der Waals surface area contributed by atoms with Crippen LogP contribution in [0, 0.1) is 6.92 Å². The van der Waals surface area contributed by atoms with Crippen molar-refractivity contribution in [2.24, 2.45) is 0 Å². The number of fused-ring (bicyclic) bond motifs is 2. The minimum absolute atomic E-state index is 0.00472. The Morgan fingerprint density at radius 1 is 0.700 bits per heavy atom. The molecule has 14 nitrogen and oxygen atoms in total. The van der Waals surface area contributed by atoms with Crippen molar-refractivity contribution in [2.45, 2.75) is 69.0 Å². The first-order valence-corrected chi connectivity index (χ1v) is 27.1. The van der Waals surface area contributed by atoms with Gasteiger partial charge < -0.3 is 16.0 Å². The van der Waals surface area contributed by atoms with E-state index in [4.69, 9.17) is 51.4 Å². The van der Waals surface area contributed by atoms with Crippen LogP contribution in [-0.2, 0) is 39.4 Å². The van der Waals surface area contributed by atoms with Crippen LogP contribution in [0.3, 0.4) is 0 Å². The minimum Gasteiger partial charge on any atom is -0.320 e. The van der Waals surface area contributed by atoms with Crippen LogP contribution < -0.4 is 29.1 Å². The van der Waals surface area contributed by atoms with E-state index in [-0.39, 0.29) is 84.1 Å². The molecule has 20 heteroatoms. The van der Waals surface area contributed by atoms with Crippen LogP contribution in [0.4, 0.5) is 22.7 Å². The minimum atomic E-state index is -4.32. The highest BCUT2D eigenvalue weighted by Gasteiger charge is 2.40. The monoisotopic (exact) mass is 1060 g/mol. The number of hydrogen-bond donors (Lipinski definition) is 3. The summed E-state index contributed by atoms with van der Waals surface area (Å²) in [5, 5.41) is 9.70. The van der Waals surface area contributed by atoms with Crippen LogP contribution in [0.1, 0.15) is 64.0 Å². The second kappa shape index (κ2) is 21.2. The summed E-state index contributed by atoms with van der Waals surface area (Å²) >= 11 is 25.6. The molecule has 2 aromatic heterocycles. The number of carbonyl (C=O) groups is 2. The van der Waals surface area contributed by atoms with Gasteiger partial charge in [-0.25, -0.2) is 16.8 Å². The number of pyridine rings is 2. The van der Waals surface area contributed by atoms with E-state index in [0.29, 0.717) is 60.8 Å². The summed E-state index contributed by atoms with van der Waals surface area (Å²) < 4.78 is 64.2. The largest absolute Gasteiger partial charge is 0.320 e. The molecular formula is C50H51Cl4N8O6S2+. The maximum absolute atomic E-state index is 15.2. The maximum Gasteiger partial charge on any atom is 0.264 e. The van der Waals surface area contributed by atoms with E-state index in [1.165, 1.54) is 20.9 Å². The van der Waals surface area contributed by atoms with Crippen LogP contribution in [0.2, 0.25) is 20.1 Å². The molecule has 2 atom stereocenters. The van der Waals surface area contributed by atoms with Gasteiger partial charge in [0.2, 0.25) is 5.69 Å². The third-order valence-corrected chi connectivity index (χ3v) is 17.3. The molecule has 0 bridgehead atoms. The number of hydrogen-bond acceptors (Lipinski definition) is 9. The molecule has 0 spiro atoms. The molecule has 366 valence electrons. The van der Waals surface area contributed by atoms with Gasteiger partial charge in [-0.2, -0.15) is 4.57 Å². The first-order valence-electron chi connectivity index (χ1n) is 22.7. The second-order valence-corrected chi connectivity index (χ2v) is 22.4. The van der Waals surface area contributed by atoms with Gasteiger partial charge in [0.05, 0.1) is 83.8 Å². The quantitative estimate of drug-likeness (QED) is 0.0852. The van der Waals surface area contributed by atoms with Crippen molar-refractivity contribution in [3.05, 3.63) is 163 Å². The summed E-state index contributed by atoms with van der Waals surface area (Å²) in [5.74, 6) is -1.20. The van der Waals surface area contributed by atoms with Crippen LogP contribution in [0.5, 0.6) is 0 Å². The highest BCUT2D eigenvalue weighted by Crippen LogP contribution is 2.37. The summed E-state index contributed by atoms with van der Waals surface area (Å²) in [6.45, 7) is 10.0. The van der Waals surface area contributed by atoms with Crippen molar-refractivity contribution in [3.8, 4) is 0 Å². The predicted molar refractivity (Wildman–Crippen MR) is 277 cm³/mol. The van der Waals surface area contributed by atoms with E-state index in [2.05, 4.69) is 20.9 Å². The number of sulfonamides is 2. The number of aromatic nitrogens is 2. The summed E-state index contributed by atoms with van der Waals surface area (Å²) in [6, 6.07) is 25.4. The molecule has 2 aliphatic rings. The topological polar surface area (TPSA) is 165 Å². The Hall–Kier alpha value is -5.30. The van der Waals surface area contributed by atoms with Gasteiger partial charge in [-0.15, -0.1) is 0 Å². The Labute approximate surface area is 428 Å². The first kappa shape index (κ1) is 51.1. The molecule has 6 aromatic rings. The Morgan fingerprint density at radius 3 is 1.83 bits per heavy atom. The Morgan fingerprint density at radius 2 is 1.24 bits per heavy atom. The molecule has 2 aliphatic heterocycles. The standard InChI is InChI=1S/C50H50Cl4N8O6S2/c1-5-55-34-23-45-46(61(29-34)69(65,66)37-14-8-12-31(4)20-37)24-35(58-50(64)48-41(53)18-11-19-42(48)54)28-60(45)27-32-13-9-15-38(21-32)70(67,68)62-30-36(59(6-2)7-3)25-43-44(62)22-33(26-56-43)57-49(63)47-39(51)16-10-17-40(47)52/h8-22,24,26,28,34,36,55H,5-7,23,25,27,29-30H2,1-4H3,(H-,57,58,63,64)/p+1. The van der Waals surface area contributed by atoms with Crippen molar-refractivity contribution in [2.75, 3.05) is 52.0 Å². The van der Waals surface area contributed by atoms with E-state index in [1.54, 1.807) is 91.1 Å². The summed E-state index contributed by atoms with van der Waals surface area (Å²) in [7, 11) is -8.48. The number of nitrogens with zero attached hydrogens (tertiary/aromatic N) is 5. The smallest absolute Gasteiger partial charge is 0.264 e. The lowest BCUT2D eigenvalue weighted by Crippen LogP contribution is -2.53. The molecule has 0 radical (unpaired) electrons. The number of halogens is 4. The molecule has 2 amide bonds. The van der Waals surface area contributed by atoms with Crippen LogP contribution in [0.25, 0.3) is 0 Å². The zero-order valence-corrected chi connectivity index (χ0v) is 43.4. The highest BCUT2D eigenvalue weighted by molar-refractivity contribution is 7.93. The van der Waals surface area contributed by atoms with Crippen molar-refractivity contribution in [3.63, 3.8) is 0 Å². The van der Waals surface area contributed by atoms with Crippen LogP contribution >= 0.6 is 46.4 Å². The van der Waals surface area contributed by atoms with Crippen molar-refractivity contribution in [1.82, 2.24) is 15.2 Å². The summed E-state index contributed by atoms with van der Waals surface area (Å²) in [5.41, 5.74) is 3.75. The molecule has 0 saturated heterocycles. The van der Waals surface area contributed by atoms with Gasteiger partial charge in [-0.3, -0.25) is 28.1 Å². The van der Waals surface area contributed by atoms with E-state index in [0.717, 1.165) is 5.56 Å². The zero-order chi connectivity index (χ0) is 50.1. The van der Waals surface area contributed by atoms with E-state index >= 15 is 8.42 Å². The van der Waals surface area contributed by atoms with Gasteiger partial charge in [0.1, 0.15) is 11.4 Å². The molecule has 4 aromatic carbocycles. The lowest BCUT2D eigenvalue weighted by Gasteiger charge is -2.39. The number of aryl methyl sites for hydroxylation is 1. The number of rotatable bonds is 15. The normalized spacial score (nSPS) is 15.9. The van der Waals surface area contributed by atoms with Gasteiger partial charge in [0.25, 0.3) is 31.9 Å². The molecule has 0 fully saturated rings. The highest BCUT2D eigenvalue weighted by atomic mass is 35.5. The SMILES string of the molecule is CCNC1Cc2c(cc(NC(=O)c3c(Cl)cccc3Cl)c[n+]2Cc2cccc(S(=O)(=O)N3CC(N(CC)CC)Cc4ncc(NC(=O)c5c(Cl)cccc5Cl)cc43)c2)N(S(=O)(=O)c2cccc(C)c2)C1. The molecule has 4 heterocycles. The average Bonchev–Trinajstić information content (AvgIpc) is 3.32. The number of benzene rings is 4. The van der Waals surface area contributed by atoms with E-state index < -0.39 is 31.9 Å². The molecular weight excluding hydrogens is 1010 g/mol. The van der Waals surface area contributed by atoms with Crippen LogP contribution in [0.15, 0.2) is 119 Å². The number of amides is 2. The van der Waals surface area contributed by atoms with Crippen LogP contribution in [-0.4, -0.2) is 83.3 Å². The molecule has 8 rings (SSSR count). The number of likely N-dealkylation sites (N-methyl/N-ethyl adjacent to an activating group) is 2. The third-order valence-electron chi connectivity index (χ3n) is 12.5. The third kappa shape index (κ3) is 10.5. The summed E-state index contributed by atoms with van der Waals surface area (Å²) in [6.07, 6.45) is 4.05. The van der Waals surface area contributed by atoms with Crippen molar-refractivity contribution >= 4 is 101 Å². The second-order valence-electron chi connectivity index (χ2n) is 17.1. The Bertz CT molecular complexity index is 3190. The fraction of sp³-hybridized carbons (Fsp3) is 0.280. The maximum atomic E-state index is 15.2. The predicted octanol–water partition coefficient (Wildman–Crippen LogP) is 9.04. The van der Waals surface area contributed by atoms with E-state index in [9.17, 15) is 18.0 Å². The Balaban J connectivity index is 1.21. The number of nitrogens with one attached hydrogen (secondary N) is 3. The van der Waals surface area contributed by atoms with Gasteiger partial charge in [0.15, 0.2) is 12.7 Å². The lowest BCUT2D eigenvalue weighted by atomic mass is 10.0. The zero-order valence-electron chi connectivity index (χ0n) is 38.7. The molecule has 70 heavy (non-hydrogen) atoms. The van der Waals surface area contributed by atoms with Crippen molar-refractivity contribution < 1.29 is 31.0 Å². The Kier molecular flexibility index (Phi) is 15.5. The van der Waals surface area contributed by atoms with Crippen molar-refractivity contribution in [1.29, 1.82) is 0 Å². The molecule has 0 aliphatic carbocycles. The van der Waals surface area contributed by atoms with Gasteiger partial charge in [-0.05, 0) is 92.8 Å². The molecule has 2 unspecified atom stereocenters. The number of carbonyl (C=O) groups excluding carboxylic acids is 2.